The van der Waals surface area contributed by atoms with E-state index in [9.17, 15) is 0 Å². The molecule has 0 amide bonds. The van der Waals surface area contributed by atoms with Gasteiger partial charge in [-0.25, -0.2) is 4.98 Å². The molecule has 5 nitrogen and oxygen atoms in total. The number of aromatic nitrogens is 3. The molecule has 28 heavy (non-hydrogen) atoms. The molecule has 0 aliphatic rings. The van der Waals surface area contributed by atoms with Crippen LogP contribution in [0.15, 0.2) is 28.8 Å². The van der Waals surface area contributed by atoms with E-state index < -0.39 is 0 Å². The Balaban J connectivity index is 1.92. The maximum Gasteiger partial charge on any atom is 0.258 e. The summed E-state index contributed by atoms with van der Waals surface area (Å²) in [6.45, 7) is 11.1. The highest BCUT2D eigenvalue weighted by Gasteiger charge is 2.15. The SMILES string of the molecule is CCCOc1c(C)cc(-c2noc(-c3cc(Cl)nc(CC(C)C)c3)n2)cc1C. The predicted molar refractivity (Wildman–Crippen MR) is 112 cm³/mol. The lowest BCUT2D eigenvalue weighted by atomic mass is 10.1. The molecule has 1 aromatic carbocycles. The van der Waals surface area contributed by atoms with E-state index in [4.69, 9.17) is 20.9 Å². The Morgan fingerprint density at radius 1 is 1.04 bits per heavy atom. The van der Waals surface area contributed by atoms with Crippen molar-refractivity contribution in [3.8, 4) is 28.6 Å². The average Bonchev–Trinajstić information content (AvgIpc) is 3.10. The highest BCUT2D eigenvalue weighted by atomic mass is 35.5. The lowest BCUT2D eigenvalue weighted by Gasteiger charge is -2.12. The van der Waals surface area contributed by atoms with Crippen LogP contribution in [0.5, 0.6) is 5.75 Å². The minimum absolute atomic E-state index is 0.428. The van der Waals surface area contributed by atoms with Crippen molar-refractivity contribution in [1.82, 2.24) is 15.1 Å². The van der Waals surface area contributed by atoms with E-state index in [1.54, 1.807) is 6.07 Å². The molecular weight excluding hydrogens is 374 g/mol. The zero-order valence-corrected chi connectivity index (χ0v) is 17.8. The number of pyridine rings is 1. The first-order valence-electron chi connectivity index (χ1n) is 9.62. The molecule has 0 saturated carbocycles. The Bertz CT molecular complexity index is 943. The summed E-state index contributed by atoms with van der Waals surface area (Å²) in [5.74, 6) is 2.39. The second kappa shape index (κ2) is 8.74. The number of aryl methyl sites for hydroxylation is 2. The molecule has 0 radical (unpaired) electrons. The van der Waals surface area contributed by atoms with E-state index in [0.717, 1.165) is 46.5 Å². The molecule has 0 N–H and O–H groups in total. The van der Waals surface area contributed by atoms with Gasteiger partial charge in [-0.2, -0.15) is 4.98 Å². The Morgan fingerprint density at radius 2 is 1.75 bits per heavy atom. The summed E-state index contributed by atoms with van der Waals surface area (Å²) < 4.78 is 11.4. The summed E-state index contributed by atoms with van der Waals surface area (Å²) in [4.78, 5) is 8.96. The quantitative estimate of drug-likeness (QED) is 0.452. The Labute approximate surface area is 171 Å². The van der Waals surface area contributed by atoms with Crippen LogP contribution in [0.3, 0.4) is 0 Å². The molecule has 0 aliphatic carbocycles. The van der Waals surface area contributed by atoms with Gasteiger partial charge >= 0.3 is 0 Å². The largest absolute Gasteiger partial charge is 0.493 e. The molecule has 0 unspecified atom stereocenters. The third kappa shape index (κ3) is 4.71. The van der Waals surface area contributed by atoms with Crippen molar-refractivity contribution in [3.05, 3.63) is 46.2 Å². The smallest absolute Gasteiger partial charge is 0.258 e. The van der Waals surface area contributed by atoms with E-state index in [1.807, 2.05) is 32.0 Å². The highest BCUT2D eigenvalue weighted by molar-refractivity contribution is 6.29. The van der Waals surface area contributed by atoms with Crippen molar-refractivity contribution < 1.29 is 9.26 Å². The Hall–Kier alpha value is -2.40. The normalized spacial score (nSPS) is 11.2. The van der Waals surface area contributed by atoms with Crippen LogP contribution in [-0.2, 0) is 6.42 Å². The Kier molecular flexibility index (Phi) is 6.35. The van der Waals surface area contributed by atoms with Crippen LogP contribution in [0.1, 0.15) is 44.0 Å². The van der Waals surface area contributed by atoms with Gasteiger partial charge in [0.05, 0.1) is 6.61 Å². The summed E-state index contributed by atoms with van der Waals surface area (Å²) in [7, 11) is 0. The minimum Gasteiger partial charge on any atom is -0.493 e. The molecule has 6 heteroatoms. The first kappa shape index (κ1) is 20.3. The third-order valence-electron chi connectivity index (χ3n) is 4.31. The van der Waals surface area contributed by atoms with Crippen LogP contribution in [0.2, 0.25) is 5.15 Å². The molecule has 0 bridgehead atoms. The van der Waals surface area contributed by atoms with Crippen LogP contribution in [0, 0.1) is 19.8 Å². The lowest BCUT2D eigenvalue weighted by Crippen LogP contribution is -2.00. The zero-order valence-electron chi connectivity index (χ0n) is 17.0. The van der Waals surface area contributed by atoms with E-state index in [1.165, 1.54) is 0 Å². The molecule has 0 saturated heterocycles. The average molecular weight is 400 g/mol. The van der Waals surface area contributed by atoms with Crippen molar-refractivity contribution in [1.29, 1.82) is 0 Å². The molecule has 2 aromatic heterocycles. The molecule has 148 valence electrons. The van der Waals surface area contributed by atoms with Gasteiger partial charge in [0, 0.05) is 16.8 Å². The molecule has 0 spiro atoms. The summed E-state index contributed by atoms with van der Waals surface area (Å²) in [6, 6.07) is 7.76. The number of hydrogen-bond donors (Lipinski definition) is 0. The second-order valence-electron chi connectivity index (χ2n) is 7.48. The summed E-state index contributed by atoms with van der Waals surface area (Å²) >= 11 is 6.19. The maximum absolute atomic E-state index is 6.19. The fourth-order valence-corrected chi connectivity index (χ4v) is 3.39. The molecule has 0 aliphatic heterocycles. The summed E-state index contributed by atoms with van der Waals surface area (Å²) in [5, 5.41) is 4.59. The fourth-order valence-electron chi connectivity index (χ4n) is 3.17. The topological polar surface area (TPSA) is 61.0 Å². The number of halogens is 1. The third-order valence-corrected chi connectivity index (χ3v) is 4.50. The van der Waals surface area contributed by atoms with Gasteiger partial charge in [0.25, 0.3) is 5.89 Å². The van der Waals surface area contributed by atoms with E-state index >= 15 is 0 Å². The fraction of sp³-hybridized carbons (Fsp3) is 0.409. The van der Waals surface area contributed by atoms with Gasteiger partial charge in [-0.05, 0) is 68.0 Å². The molecule has 3 aromatic rings. The standard InChI is InChI=1S/C22H26ClN3O2/c1-6-7-27-20-14(4)9-16(10-15(20)5)21-25-22(28-26-21)17-11-18(8-13(2)3)24-19(23)12-17/h9-13H,6-8H2,1-5H3. The van der Waals surface area contributed by atoms with Gasteiger partial charge in [0.1, 0.15) is 10.9 Å². The first-order chi connectivity index (χ1) is 13.4. The molecule has 0 fully saturated rings. The van der Waals surface area contributed by atoms with E-state index in [2.05, 4.69) is 35.9 Å². The molecule has 2 heterocycles. The van der Waals surface area contributed by atoms with Crippen molar-refractivity contribution in [2.75, 3.05) is 6.61 Å². The predicted octanol–water partition coefficient (Wildman–Crippen LogP) is 6.06. The van der Waals surface area contributed by atoms with Gasteiger partial charge in [0.2, 0.25) is 5.82 Å². The van der Waals surface area contributed by atoms with Crippen LogP contribution >= 0.6 is 11.6 Å². The molecule has 0 atom stereocenters. The van der Waals surface area contributed by atoms with Crippen molar-refractivity contribution in [2.24, 2.45) is 5.92 Å². The van der Waals surface area contributed by atoms with Gasteiger partial charge < -0.3 is 9.26 Å². The zero-order chi connectivity index (χ0) is 20.3. The monoisotopic (exact) mass is 399 g/mol. The van der Waals surface area contributed by atoms with E-state index in [0.29, 0.717) is 29.4 Å². The van der Waals surface area contributed by atoms with Crippen LogP contribution in [-0.4, -0.2) is 21.7 Å². The maximum atomic E-state index is 6.19. The van der Waals surface area contributed by atoms with Crippen molar-refractivity contribution in [2.45, 2.75) is 47.5 Å². The van der Waals surface area contributed by atoms with Gasteiger partial charge in [-0.1, -0.05) is 37.5 Å². The highest BCUT2D eigenvalue weighted by Crippen LogP contribution is 2.31. The summed E-state index contributed by atoms with van der Waals surface area (Å²) in [6.07, 6.45) is 1.81. The van der Waals surface area contributed by atoms with Gasteiger partial charge in [-0.15, -0.1) is 0 Å². The van der Waals surface area contributed by atoms with Crippen LogP contribution < -0.4 is 4.74 Å². The molecule has 3 rings (SSSR count). The van der Waals surface area contributed by atoms with Gasteiger partial charge in [-0.3, -0.25) is 0 Å². The number of ether oxygens (including phenoxy) is 1. The Morgan fingerprint density at radius 3 is 2.39 bits per heavy atom. The first-order valence-corrected chi connectivity index (χ1v) is 10.00. The van der Waals surface area contributed by atoms with Crippen molar-refractivity contribution >= 4 is 11.6 Å². The van der Waals surface area contributed by atoms with Crippen LogP contribution in [0.25, 0.3) is 22.8 Å². The second-order valence-corrected chi connectivity index (χ2v) is 7.87. The molecular formula is C22H26ClN3O2. The van der Waals surface area contributed by atoms with Gasteiger partial charge in [0.15, 0.2) is 0 Å². The number of nitrogens with zero attached hydrogens (tertiary/aromatic N) is 3. The number of benzene rings is 1. The van der Waals surface area contributed by atoms with E-state index in [-0.39, 0.29) is 0 Å². The number of hydrogen-bond acceptors (Lipinski definition) is 5. The minimum atomic E-state index is 0.428. The number of rotatable bonds is 7. The van der Waals surface area contributed by atoms with Crippen molar-refractivity contribution in [3.63, 3.8) is 0 Å². The van der Waals surface area contributed by atoms with Crippen LogP contribution in [0.4, 0.5) is 0 Å². The lowest BCUT2D eigenvalue weighted by molar-refractivity contribution is 0.313. The summed E-state index contributed by atoms with van der Waals surface area (Å²) in [5.41, 5.74) is 4.71.